The number of hydrogen-bond acceptors (Lipinski definition) is 3. The number of carboxylic acid groups (broad SMARTS) is 1. The van der Waals surface area contributed by atoms with E-state index in [9.17, 15) is 14.3 Å². The molecule has 0 amide bonds. The van der Waals surface area contributed by atoms with Gasteiger partial charge in [0.15, 0.2) is 0 Å². The summed E-state index contributed by atoms with van der Waals surface area (Å²) in [7, 11) is 0. The Morgan fingerprint density at radius 2 is 1.90 bits per heavy atom. The Morgan fingerprint density at radius 3 is 2.55 bits per heavy atom. The van der Waals surface area contributed by atoms with Crippen molar-refractivity contribution in [1.29, 1.82) is 0 Å². The van der Waals surface area contributed by atoms with Gasteiger partial charge in [-0.2, -0.15) is 0 Å². The second kappa shape index (κ2) is 9.18. The fraction of sp³-hybridized carbons (Fsp3) is 0.375. The average molecular weight is 415 g/mol. The number of rotatable bonds is 6. The Balaban J connectivity index is 0.00000144. The van der Waals surface area contributed by atoms with E-state index in [0.717, 1.165) is 47.6 Å². The first-order valence-electron chi connectivity index (χ1n) is 10.7. The first-order chi connectivity index (χ1) is 14.6. The van der Waals surface area contributed by atoms with Gasteiger partial charge in [0, 0.05) is 29.9 Å². The van der Waals surface area contributed by atoms with Crippen LogP contribution >= 0.6 is 0 Å². The van der Waals surface area contributed by atoms with E-state index >= 15 is 0 Å². The number of aromatic nitrogens is 1. The van der Waals surface area contributed by atoms with E-state index < -0.39 is 5.97 Å². The van der Waals surface area contributed by atoms with Crippen molar-refractivity contribution in [1.82, 2.24) is 14.8 Å². The van der Waals surface area contributed by atoms with Crippen LogP contribution in [-0.4, -0.2) is 52.8 Å². The molecule has 0 saturated carbocycles. The second-order valence-corrected chi connectivity index (χ2v) is 8.45. The van der Waals surface area contributed by atoms with Gasteiger partial charge in [-0.1, -0.05) is 6.07 Å². The SMILES string of the molecule is O=C(O)c1cccc2c1c(CCNC1CN3CCC1CC3)cn2-c1ccc(F)cc1.[H-].[Li+]. The van der Waals surface area contributed by atoms with Crippen LogP contribution in [0.1, 0.15) is 30.2 Å². The zero-order valence-electron chi connectivity index (χ0n) is 18.9. The number of benzene rings is 2. The molecule has 5 nitrogen and oxygen atoms in total. The Hall–Kier alpha value is -2.10. The van der Waals surface area contributed by atoms with Crippen molar-refractivity contribution in [2.75, 3.05) is 26.2 Å². The molecule has 0 spiro atoms. The van der Waals surface area contributed by atoms with Crippen molar-refractivity contribution < 1.29 is 34.6 Å². The predicted octanol–water partition coefficient (Wildman–Crippen LogP) is 0.811. The minimum absolute atomic E-state index is 0. The van der Waals surface area contributed by atoms with Crippen molar-refractivity contribution in [3.63, 3.8) is 0 Å². The summed E-state index contributed by atoms with van der Waals surface area (Å²) in [6.07, 6.45) is 5.29. The van der Waals surface area contributed by atoms with Crippen LogP contribution < -0.4 is 24.2 Å². The summed E-state index contributed by atoms with van der Waals surface area (Å²) in [5, 5.41) is 14.2. The standard InChI is InChI=1S/C24H26FN3O2.Li.H/c25-18-4-6-19(7-5-18)28-14-17(23-20(24(29)30)2-1-3-22(23)28)8-11-26-21-15-27-12-9-16(21)10-13-27;;/h1-7,14,16,21,26H,8-13,15H2,(H,29,30);;/q;+1;-1. The van der Waals surface area contributed by atoms with Gasteiger partial charge in [0.05, 0.1) is 11.1 Å². The van der Waals surface area contributed by atoms with Crippen LogP contribution in [0.5, 0.6) is 0 Å². The minimum Gasteiger partial charge on any atom is -1.00 e. The van der Waals surface area contributed by atoms with E-state index in [-0.39, 0.29) is 26.1 Å². The summed E-state index contributed by atoms with van der Waals surface area (Å²) in [6, 6.07) is 12.2. The van der Waals surface area contributed by atoms with Crippen LogP contribution in [0.2, 0.25) is 0 Å². The number of piperidine rings is 3. The molecule has 1 atom stereocenters. The van der Waals surface area contributed by atoms with Gasteiger partial charge in [0.2, 0.25) is 0 Å². The molecule has 158 valence electrons. The minimum atomic E-state index is -0.927. The number of hydrogen-bond donors (Lipinski definition) is 2. The van der Waals surface area contributed by atoms with E-state index in [4.69, 9.17) is 0 Å². The van der Waals surface area contributed by atoms with Crippen LogP contribution in [0.4, 0.5) is 4.39 Å². The molecule has 7 heteroatoms. The number of carbonyl (C=O) groups is 1. The fourth-order valence-corrected chi connectivity index (χ4v) is 5.14. The predicted molar refractivity (Wildman–Crippen MR) is 116 cm³/mol. The van der Waals surface area contributed by atoms with E-state index in [1.54, 1.807) is 24.3 Å². The molecule has 2 N–H and O–H groups in total. The number of nitrogens with zero attached hydrogens (tertiary/aromatic N) is 2. The molecule has 1 unspecified atom stereocenters. The molecule has 2 aromatic carbocycles. The fourth-order valence-electron chi connectivity index (χ4n) is 5.14. The molecule has 3 aliphatic rings. The van der Waals surface area contributed by atoms with Crippen molar-refractivity contribution >= 4 is 16.9 Å². The second-order valence-electron chi connectivity index (χ2n) is 8.45. The van der Waals surface area contributed by atoms with Gasteiger partial charge in [-0.25, -0.2) is 9.18 Å². The molecule has 3 aliphatic heterocycles. The van der Waals surface area contributed by atoms with Gasteiger partial charge in [-0.3, -0.25) is 0 Å². The summed E-state index contributed by atoms with van der Waals surface area (Å²) in [6.45, 7) is 4.36. The van der Waals surface area contributed by atoms with Crippen molar-refractivity contribution in [2.45, 2.75) is 25.3 Å². The maximum Gasteiger partial charge on any atom is 1.00 e. The Bertz CT molecular complexity index is 1080. The topological polar surface area (TPSA) is 57.5 Å². The molecule has 3 aromatic rings. The van der Waals surface area contributed by atoms with Crippen molar-refractivity contribution in [3.8, 4) is 5.69 Å². The summed E-state index contributed by atoms with van der Waals surface area (Å²) in [4.78, 5) is 14.4. The summed E-state index contributed by atoms with van der Waals surface area (Å²) >= 11 is 0. The van der Waals surface area contributed by atoms with E-state index in [2.05, 4.69) is 10.2 Å². The number of nitrogens with one attached hydrogen (secondary N) is 1. The molecule has 6 rings (SSSR count). The number of fused-ring (bicyclic) bond motifs is 4. The van der Waals surface area contributed by atoms with E-state index in [1.165, 1.54) is 38.1 Å². The smallest absolute Gasteiger partial charge is 1.00 e. The molecule has 1 aromatic heterocycles. The van der Waals surface area contributed by atoms with Gasteiger partial charge in [0.1, 0.15) is 5.82 Å². The van der Waals surface area contributed by atoms with Gasteiger partial charge in [-0.05, 0) is 86.8 Å². The molecular formula is C24H27FLiN3O2. The zero-order valence-corrected chi connectivity index (χ0v) is 17.9. The van der Waals surface area contributed by atoms with Crippen LogP contribution in [-0.2, 0) is 6.42 Å². The quantitative estimate of drug-likeness (QED) is 0.586. The van der Waals surface area contributed by atoms with Crippen LogP contribution in [0.3, 0.4) is 0 Å². The first kappa shape index (κ1) is 22.1. The van der Waals surface area contributed by atoms with Crippen molar-refractivity contribution in [3.05, 3.63) is 65.6 Å². The maximum absolute atomic E-state index is 13.4. The maximum atomic E-state index is 13.4. The largest absolute Gasteiger partial charge is 1.00 e. The van der Waals surface area contributed by atoms with Crippen molar-refractivity contribution in [2.24, 2.45) is 5.92 Å². The van der Waals surface area contributed by atoms with Crippen LogP contribution in [0.25, 0.3) is 16.6 Å². The van der Waals surface area contributed by atoms with Gasteiger partial charge >= 0.3 is 24.8 Å². The molecule has 3 saturated heterocycles. The van der Waals surface area contributed by atoms with Gasteiger partial charge < -0.3 is 21.3 Å². The normalized spacial score (nSPS) is 22.4. The monoisotopic (exact) mass is 415 g/mol. The Labute approximate surface area is 194 Å². The Morgan fingerprint density at radius 1 is 1.16 bits per heavy atom. The molecule has 0 radical (unpaired) electrons. The molecule has 2 bridgehead atoms. The van der Waals surface area contributed by atoms with E-state index in [0.29, 0.717) is 11.6 Å². The van der Waals surface area contributed by atoms with Crippen LogP contribution in [0, 0.1) is 11.7 Å². The van der Waals surface area contributed by atoms with Gasteiger partial charge in [-0.15, -0.1) is 0 Å². The summed E-state index contributed by atoms with van der Waals surface area (Å²) < 4.78 is 15.4. The molecule has 0 aliphatic carbocycles. The summed E-state index contributed by atoms with van der Waals surface area (Å²) in [5.41, 5.74) is 2.96. The molecule has 31 heavy (non-hydrogen) atoms. The van der Waals surface area contributed by atoms with Crippen LogP contribution in [0.15, 0.2) is 48.7 Å². The third-order valence-corrected chi connectivity index (χ3v) is 6.70. The third-order valence-electron chi connectivity index (χ3n) is 6.70. The van der Waals surface area contributed by atoms with Gasteiger partial charge in [0.25, 0.3) is 0 Å². The Kier molecular flexibility index (Phi) is 6.54. The summed E-state index contributed by atoms with van der Waals surface area (Å²) in [5.74, 6) is -0.461. The van der Waals surface area contributed by atoms with E-state index in [1.807, 2.05) is 16.8 Å². The molecule has 4 heterocycles. The first-order valence-corrected chi connectivity index (χ1v) is 10.7. The number of halogens is 1. The zero-order chi connectivity index (χ0) is 20.7. The average Bonchev–Trinajstić information content (AvgIpc) is 3.14. The number of carboxylic acids is 1. The third kappa shape index (κ3) is 4.31. The number of aromatic carboxylic acids is 1. The molecule has 3 fully saturated rings. The molecular weight excluding hydrogens is 388 g/mol.